The normalized spacial score (nSPS) is 10.0. The summed E-state index contributed by atoms with van der Waals surface area (Å²) >= 11 is 0. The van der Waals surface area contributed by atoms with Crippen LogP contribution in [0.25, 0.3) is 0 Å². The van der Waals surface area contributed by atoms with Gasteiger partial charge in [0.25, 0.3) is 0 Å². The highest BCUT2D eigenvalue weighted by Crippen LogP contribution is 2.28. The molecule has 0 atom stereocenters. The average molecular weight is 260 g/mol. The summed E-state index contributed by atoms with van der Waals surface area (Å²) < 4.78 is 10.5. The minimum Gasteiger partial charge on any atom is -0.495 e. The lowest BCUT2D eigenvalue weighted by molar-refractivity contribution is -0.114. The number of methoxy groups -OCH3 is 1. The van der Waals surface area contributed by atoms with Gasteiger partial charge in [0, 0.05) is 12.6 Å². The van der Waals surface area contributed by atoms with Gasteiger partial charge in [-0.2, -0.15) is 0 Å². The summed E-state index contributed by atoms with van der Waals surface area (Å²) in [6, 6.07) is 9.14. The molecule has 1 aromatic carbocycles. The van der Waals surface area contributed by atoms with Gasteiger partial charge in [-0.05, 0) is 30.3 Å². The van der Waals surface area contributed by atoms with E-state index >= 15 is 0 Å². The minimum atomic E-state index is -0.109. The van der Waals surface area contributed by atoms with E-state index in [4.69, 9.17) is 9.15 Å². The lowest BCUT2D eigenvalue weighted by atomic mass is 10.2. The van der Waals surface area contributed by atoms with Crippen molar-refractivity contribution in [2.45, 2.75) is 13.5 Å². The topological polar surface area (TPSA) is 63.5 Å². The molecule has 0 unspecified atom stereocenters. The van der Waals surface area contributed by atoms with Gasteiger partial charge >= 0.3 is 0 Å². The van der Waals surface area contributed by atoms with E-state index < -0.39 is 0 Å². The first-order chi connectivity index (χ1) is 9.19. The van der Waals surface area contributed by atoms with E-state index in [2.05, 4.69) is 10.6 Å². The van der Waals surface area contributed by atoms with E-state index in [1.54, 1.807) is 25.5 Å². The van der Waals surface area contributed by atoms with Gasteiger partial charge in [0.1, 0.15) is 11.5 Å². The molecule has 0 saturated carbocycles. The van der Waals surface area contributed by atoms with E-state index in [1.807, 2.05) is 18.2 Å². The summed E-state index contributed by atoms with van der Waals surface area (Å²) in [6.45, 7) is 2.02. The van der Waals surface area contributed by atoms with Crippen molar-refractivity contribution in [1.82, 2.24) is 0 Å². The summed E-state index contributed by atoms with van der Waals surface area (Å²) in [5, 5.41) is 5.94. The Balaban J connectivity index is 2.13. The number of rotatable bonds is 5. The molecular weight excluding hydrogens is 244 g/mol. The van der Waals surface area contributed by atoms with Gasteiger partial charge in [-0.3, -0.25) is 4.79 Å². The molecule has 0 spiro atoms. The Morgan fingerprint density at radius 3 is 2.84 bits per heavy atom. The van der Waals surface area contributed by atoms with Gasteiger partial charge < -0.3 is 19.8 Å². The van der Waals surface area contributed by atoms with Crippen LogP contribution in [-0.4, -0.2) is 13.0 Å². The molecule has 100 valence electrons. The molecule has 0 fully saturated rings. The fourth-order valence-corrected chi connectivity index (χ4v) is 1.72. The Labute approximate surface area is 111 Å². The van der Waals surface area contributed by atoms with Crippen LogP contribution in [0, 0.1) is 0 Å². The maximum absolute atomic E-state index is 11.0. The second-order valence-electron chi connectivity index (χ2n) is 4.03. The maximum Gasteiger partial charge on any atom is 0.221 e. The lowest BCUT2D eigenvalue weighted by Crippen LogP contribution is -2.07. The number of ether oxygens (including phenoxy) is 1. The Morgan fingerprint density at radius 2 is 2.21 bits per heavy atom. The van der Waals surface area contributed by atoms with Crippen LogP contribution in [0.15, 0.2) is 41.0 Å². The monoisotopic (exact) mass is 260 g/mol. The predicted molar refractivity (Wildman–Crippen MR) is 73.3 cm³/mol. The first-order valence-corrected chi connectivity index (χ1v) is 5.91. The number of benzene rings is 1. The zero-order valence-corrected chi connectivity index (χ0v) is 10.9. The summed E-state index contributed by atoms with van der Waals surface area (Å²) in [5.74, 6) is 1.43. The van der Waals surface area contributed by atoms with Crippen LogP contribution in [-0.2, 0) is 11.3 Å². The molecule has 1 amide bonds. The highest BCUT2D eigenvalue weighted by molar-refractivity contribution is 5.89. The molecule has 2 rings (SSSR count). The smallest absolute Gasteiger partial charge is 0.221 e. The molecule has 0 aliphatic carbocycles. The average Bonchev–Trinajstić information content (AvgIpc) is 2.89. The third-order valence-electron chi connectivity index (χ3n) is 2.55. The molecule has 0 aliphatic rings. The van der Waals surface area contributed by atoms with E-state index in [1.165, 1.54) is 6.92 Å². The fourth-order valence-electron chi connectivity index (χ4n) is 1.72. The van der Waals surface area contributed by atoms with Gasteiger partial charge in [0.05, 0.1) is 25.6 Å². The number of furan rings is 1. The van der Waals surface area contributed by atoms with Gasteiger partial charge in [-0.1, -0.05) is 0 Å². The second-order valence-corrected chi connectivity index (χ2v) is 4.03. The molecule has 2 aromatic rings. The zero-order valence-electron chi connectivity index (χ0n) is 10.9. The number of anilines is 2. The summed E-state index contributed by atoms with van der Waals surface area (Å²) in [6.07, 6.45) is 1.63. The standard InChI is InChI=1S/C14H16N2O3/c1-10(17)16-11-5-6-14(18-2)13(8-11)15-9-12-4-3-7-19-12/h3-8,15H,9H2,1-2H3,(H,16,17). The Bertz CT molecular complexity index is 550. The number of amides is 1. The van der Waals surface area contributed by atoms with Crippen molar-refractivity contribution in [1.29, 1.82) is 0 Å². The van der Waals surface area contributed by atoms with Crippen LogP contribution < -0.4 is 15.4 Å². The van der Waals surface area contributed by atoms with Crippen LogP contribution in [0.5, 0.6) is 5.75 Å². The van der Waals surface area contributed by atoms with Crippen LogP contribution in [0.3, 0.4) is 0 Å². The molecule has 0 bridgehead atoms. The van der Waals surface area contributed by atoms with Gasteiger partial charge in [0.15, 0.2) is 0 Å². The highest BCUT2D eigenvalue weighted by atomic mass is 16.5. The predicted octanol–water partition coefficient (Wildman–Crippen LogP) is 2.86. The summed E-state index contributed by atoms with van der Waals surface area (Å²) in [4.78, 5) is 11.0. The Morgan fingerprint density at radius 1 is 1.37 bits per heavy atom. The van der Waals surface area contributed by atoms with Gasteiger partial charge in [-0.25, -0.2) is 0 Å². The molecule has 5 heteroatoms. The quantitative estimate of drug-likeness (QED) is 0.867. The molecule has 1 aromatic heterocycles. The number of hydrogen-bond donors (Lipinski definition) is 2. The lowest BCUT2D eigenvalue weighted by Gasteiger charge is -2.12. The van der Waals surface area contributed by atoms with E-state index in [-0.39, 0.29) is 5.91 Å². The molecular formula is C14H16N2O3. The molecule has 1 heterocycles. The molecule has 0 saturated heterocycles. The minimum absolute atomic E-state index is 0.109. The van der Waals surface area contributed by atoms with Crippen molar-refractivity contribution in [3.8, 4) is 5.75 Å². The number of hydrogen-bond acceptors (Lipinski definition) is 4. The van der Waals surface area contributed by atoms with Crippen molar-refractivity contribution in [2.75, 3.05) is 17.7 Å². The van der Waals surface area contributed by atoms with Crippen molar-refractivity contribution < 1.29 is 13.9 Å². The largest absolute Gasteiger partial charge is 0.495 e. The van der Waals surface area contributed by atoms with E-state index in [9.17, 15) is 4.79 Å². The van der Waals surface area contributed by atoms with Crippen LogP contribution in [0.1, 0.15) is 12.7 Å². The summed E-state index contributed by atoms with van der Waals surface area (Å²) in [5.41, 5.74) is 1.51. The second kappa shape index (κ2) is 5.95. The first-order valence-electron chi connectivity index (χ1n) is 5.91. The highest BCUT2D eigenvalue weighted by Gasteiger charge is 2.06. The van der Waals surface area contributed by atoms with Crippen LogP contribution >= 0.6 is 0 Å². The Kier molecular flexibility index (Phi) is 4.07. The van der Waals surface area contributed by atoms with E-state index in [0.29, 0.717) is 12.3 Å². The third-order valence-corrected chi connectivity index (χ3v) is 2.55. The molecule has 2 N–H and O–H groups in total. The number of nitrogens with one attached hydrogen (secondary N) is 2. The molecule has 0 radical (unpaired) electrons. The van der Waals surface area contributed by atoms with E-state index in [0.717, 1.165) is 17.1 Å². The first kappa shape index (κ1) is 13.0. The number of carbonyl (C=O) groups is 1. The van der Waals surface area contributed by atoms with Crippen molar-refractivity contribution in [3.05, 3.63) is 42.4 Å². The van der Waals surface area contributed by atoms with Gasteiger partial charge in [-0.15, -0.1) is 0 Å². The van der Waals surface area contributed by atoms with Crippen molar-refractivity contribution in [2.24, 2.45) is 0 Å². The third kappa shape index (κ3) is 3.51. The Hall–Kier alpha value is -2.43. The SMILES string of the molecule is COc1ccc(NC(C)=O)cc1NCc1ccco1. The van der Waals surface area contributed by atoms with Crippen LogP contribution in [0.4, 0.5) is 11.4 Å². The molecule has 0 aliphatic heterocycles. The molecule has 5 nitrogen and oxygen atoms in total. The fraction of sp³-hybridized carbons (Fsp3) is 0.214. The number of carbonyl (C=O) groups excluding carboxylic acids is 1. The van der Waals surface area contributed by atoms with Crippen molar-refractivity contribution in [3.63, 3.8) is 0 Å². The summed E-state index contributed by atoms with van der Waals surface area (Å²) in [7, 11) is 1.60. The van der Waals surface area contributed by atoms with Crippen molar-refractivity contribution >= 4 is 17.3 Å². The van der Waals surface area contributed by atoms with Gasteiger partial charge in [0.2, 0.25) is 5.91 Å². The zero-order chi connectivity index (χ0) is 13.7. The maximum atomic E-state index is 11.0. The molecule has 19 heavy (non-hydrogen) atoms. The van der Waals surface area contributed by atoms with Crippen LogP contribution in [0.2, 0.25) is 0 Å².